The number of H-pyrrole nitrogens is 1. The predicted octanol–water partition coefficient (Wildman–Crippen LogP) is 1.46. The number of hydrogen-bond donors (Lipinski definition) is 3. The number of aromatic nitrogens is 4. The van der Waals surface area contributed by atoms with Crippen LogP contribution in [0.25, 0.3) is 11.0 Å². The van der Waals surface area contributed by atoms with Gasteiger partial charge >= 0.3 is 0 Å². The van der Waals surface area contributed by atoms with E-state index in [1.165, 1.54) is 10.6 Å². The molecule has 0 saturated carbocycles. The Balaban J connectivity index is 1.72. The second kappa shape index (κ2) is 6.91. The maximum Gasteiger partial charge on any atom is 0.237 e. The smallest absolute Gasteiger partial charge is 0.237 e. The van der Waals surface area contributed by atoms with Crippen molar-refractivity contribution in [3.05, 3.63) is 29.6 Å². The minimum absolute atomic E-state index is 0.276. The second-order valence-corrected chi connectivity index (χ2v) is 8.49. The molecule has 0 aliphatic carbocycles. The topological polar surface area (TPSA) is 125 Å². The molecule has 3 aromatic rings. The van der Waals surface area contributed by atoms with Crippen molar-refractivity contribution in [1.82, 2.24) is 24.2 Å². The van der Waals surface area contributed by atoms with E-state index in [1.54, 1.807) is 20.4 Å². The highest BCUT2D eigenvalue weighted by molar-refractivity contribution is 7.88. The Kier molecular flexibility index (Phi) is 4.55. The Morgan fingerprint density at radius 3 is 2.82 bits per heavy atom. The SMILES string of the molecule is CNc1nc(Nc2cc3c(nc2OC)CCN(S(C)(=O)=O)C3)nc2[nH]ccc12. The third kappa shape index (κ3) is 3.34. The van der Waals surface area contributed by atoms with Crippen molar-refractivity contribution in [1.29, 1.82) is 0 Å². The molecule has 0 spiro atoms. The van der Waals surface area contributed by atoms with Gasteiger partial charge < -0.3 is 20.4 Å². The highest BCUT2D eigenvalue weighted by atomic mass is 32.2. The molecule has 0 aromatic carbocycles. The molecule has 148 valence electrons. The fourth-order valence-electron chi connectivity index (χ4n) is 3.26. The Labute approximate surface area is 162 Å². The largest absolute Gasteiger partial charge is 0.480 e. The van der Waals surface area contributed by atoms with Gasteiger partial charge in [-0.05, 0) is 17.7 Å². The van der Waals surface area contributed by atoms with Crippen molar-refractivity contribution in [3.63, 3.8) is 0 Å². The number of nitrogens with one attached hydrogen (secondary N) is 3. The van der Waals surface area contributed by atoms with Crippen molar-refractivity contribution in [2.45, 2.75) is 13.0 Å². The van der Waals surface area contributed by atoms with Crippen LogP contribution in [0.1, 0.15) is 11.3 Å². The van der Waals surface area contributed by atoms with E-state index in [-0.39, 0.29) is 6.54 Å². The van der Waals surface area contributed by atoms with Crippen molar-refractivity contribution in [3.8, 4) is 5.88 Å². The molecule has 1 aliphatic heterocycles. The molecule has 0 atom stereocenters. The van der Waals surface area contributed by atoms with Gasteiger partial charge in [-0.25, -0.2) is 13.4 Å². The van der Waals surface area contributed by atoms with Gasteiger partial charge in [-0.1, -0.05) is 0 Å². The molecular formula is C17H21N7O3S. The molecular weight excluding hydrogens is 382 g/mol. The minimum atomic E-state index is -3.27. The van der Waals surface area contributed by atoms with Crippen LogP contribution in [-0.2, 0) is 23.0 Å². The molecule has 0 amide bonds. The van der Waals surface area contributed by atoms with E-state index in [0.717, 1.165) is 16.6 Å². The summed E-state index contributed by atoms with van der Waals surface area (Å²) in [6, 6.07) is 3.74. The van der Waals surface area contributed by atoms with Crippen molar-refractivity contribution >= 4 is 38.5 Å². The third-order valence-corrected chi connectivity index (χ3v) is 5.91. The number of sulfonamides is 1. The zero-order chi connectivity index (χ0) is 19.9. The predicted molar refractivity (Wildman–Crippen MR) is 106 cm³/mol. The Morgan fingerprint density at radius 2 is 2.11 bits per heavy atom. The van der Waals surface area contributed by atoms with Crippen LogP contribution in [0, 0.1) is 0 Å². The van der Waals surface area contributed by atoms with Crippen LogP contribution in [0.15, 0.2) is 18.3 Å². The summed E-state index contributed by atoms with van der Waals surface area (Å²) >= 11 is 0. The zero-order valence-corrected chi connectivity index (χ0v) is 16.6. The van der Waals surface area contributed by atoms with E-state index >= 15 is 0 Å². The van der Waals surface area contributed by atoms with Gasteiger partial charge in [0.15, 0.2) is 0 Å². The van der Waals surface area contributed by atoms with Gasteiger partial charge in [0.05, 0.1) is 24.4 Å². The summed E-state index contributed by atoms with van der Waals surface area (Å²) in [6.45, 7) is 0.686. The first kappa shape index (κ1) is 18.4. The van der Waals surface area contributed by atoms with Gasteiger partial charge in [0.1, 0.15) is 17.2 Å². The molecule has 4 heterocycles. The van der Waals surface area contributed by atoms with Gasteiger partial charge in [-0.15, -0.1) is 0 Å². The van der Waals surface area contributed by atoms with Crippen LogP contribution >= 0.6 is 0 Å². The number of nitrogens with zero attached hydrogens (tertiary/aromatic N) is 4. The number of pyridine rings is 1. The number of anilines is 3. The van der Waals surface area contributed by atoms with E-state index in [1.807, 2.05) is 12.1 Å². The standard InChI is InChI=1S/C17H21N7O3S/c1-18-14-11-4-6-19-15(11)23-17(22-14)21-13-8-10-9-24(28(3,25)26)7-5-12(10)20-16(13)27-2/h4,6,8H,5,7,9H2,1-3H3,(H3,18,19,21,22,23). The maximum atomic E-state index is 11.9. The summed E-state index contributed by atoms with van der Waals surface area (Å²) < 4.78 is 30.7. The van der Waals surface area contributed by atoms with E-state index in [9.17, 15) is 8.42 Å². The first-order valence-electron chi connectivity index (χ1n) is 8.71. The van der Waals surface area contributed by atoms with Gasteiger partial charge in [-0.2, -0.15) is 14.3 Å². The van der Waals surface area contributed by atoms with Gasteiger partial charge in [0, 0.05) is 32.8 Å². The summed E-state index contributed by atoms with van der Waals surface area (Å²) in [6.07, 6.45) is 3.55. The molecule has 11 heteroatoms. The number of hydrogen-bond acceptors (Lipinski definition) is 8. The molecule has 4 rings (SSSR count). The lowest BCUT2D eigenvalue weighted by molar-refractivity contribution is 0.377. The number of methoxy groups -OCH3 is 1. The maximum absolute atomic E-state index is 11.9. The van der Waals surface area contributed by atoms with Crippen LogP contribution in [0.3, 0.4) is 0 Å². The summed E-state index contributed by atoms with van der Waals surface area (Å²) in [5.41, 5.74) is 2.92. The molecule has 0 fully saturated rings. The fourth-order valence-corrected chi connectivity index (χ4v) is 4.06. The molecule has 10 nitrogen and oxygen atoms in total. The first-order chi connectivity index (χ1) is 13.4. The third-order valence-electron chi connectivity index (χ3n) is 4.66. The summed E-state index contributed by atoms with van der Waals surface area (Å²) in [5, 5.41) is 7.08. The molecule has 1 aliphatic rings. The van der Waals surface area contributed by atoms with Gasteiger partial charge in [-0.3, -0.25) is 0 Å². The Hall–Kier alpha value is -2.92. The average Bonchev–Trinajstić information content (AvgIpc) is 3.14. The second-order valence-electron chi connectivity index (χ2n) is 6.51. The van der Waals surface area contributed by atoms with E-state index in [2.05, 4.69) is 30.6 Å². The first-order valence-corrected chi connectivity index (χ1v) is 10.6. The summed E-state index contributed by atoms with van der Waals surface area (Å²) in [5.74, 6) is 1.46. The van der Waals surface area contributed by atoms with E-state index in [0.29, 0.717) is 41.9 Å². The number of fused-ring (bicyclic) bond motifs is 2. The Morgan fingerprint density at radius 1 is 1.29 bits per heavy atom. The number of rotatable bonds is 5. The highest BCUT2D eigenvalue weighted by Crippen LogP contribution is 2.31. The van der Waals surface area contributed by atoms with Crippen molar-refractivity contribution in [2.24, 2.45) is 0 Å². The quantitative estimate of drug-likeness (QED) is 0.585. The molecule has 3 aromatic heterocycles. The lowest BCUT2D eigenvalue weighted by Gasteiger charge is -2.27. The van der Waals surface area contributed by atoms with Crippen LogP contribution in [-0.4, -0.2) is 59.6 Å². The normalized spacial score (nSPS) is 14.7. The highest BCUT2D eigenvalue weighted by Gasteiger charge is 2.26. The molecule has 0 unspecified atom stereocenters. The van der Waals surface area contributed by atoms with Crippen molar-refractivity contribution < 1.29 is 13.2 Å². The van der Waals surface area contributed by atoms with Gasteiger partial charge in [0.25, 0.3) is 0 Å². The number of ether oxygens (including phenoxy) is 1. The summed E-state index contributed by atoms with van der Waals surface area (Å²) in [7, 11) is 0.0662. The van der Waals surface area contributed by atoms with Crippen LogP contribution in [0.2, 0.25) is 0 Å². The monoisotopic (exact) mass is 403 g/mol. The van der Waals surface area contributed by atoms with Crippen molar-refractivity contribution in [2.75, 3.05) is 37.6 Å². The Bertz CT molecular complexity index is 1140. The fraction of sp³-hybridized carbons (Fsp3) is 0.353. The lowest BCUT2D eigenvalue weighted by Crippen LogP contribution is -2.35. The molecule has 0 radical (unpaired) electrons. The van der Waals surface area contributed by atoms with Gasteiger partial charge in [0.2, 0.25) is 21.9 Å². The molecule has 0 saturated heterocycles. The summed E-state index contributed by atoms with van der Waals surface area (Å²) in [4.78, 5) is 16.6. The van der Waals surface area contributed by atoms with E-state index in [4.69, 9.17) is 4.74 Å². The average molecular weight is 403 g/mol. The minimum Gasteiger partial charge on any atom is -0.480 e. The van der Waals surface area contributed by atoms with Crippen LogP contribution in [0.4, 0.5) is 17.5 Å². The molecule has 3 N–H and O–H groups in total. The number of aromatic amines is 1. The van der Waals surface area contributed by atoms with Crippen LogP contribution in [0.5, 0.6) is 5.88 Å². The zero-order valence-electron chi connectivity index (χ0n) is 15.8. The lowest BCUT2D eigenvalue weighted by atomic mass is 10.1. The van der Waals surface area contributed by atoms with E-state index < -0.39 is 10.0 Å². The molecule has 28 heavy (non-hydrogen) atoms. The van der Waals surface area contributed by atoms with Crippen LogP contribution < -0.4 is 15.4 Å². The molecule has 0 bridgehead atoms.